The van der Waals surface area contributed by atoms with E-state index in [1.807, 2.05) is 53.2 Å². The molecule has 1 aliphatic heterocycles. The maximum absolute atomic E-state index is 13.0. The summed E-state index contributed by atoms with van der Waals surface area (Å²) in [5.41, 5.74) is 2.72. The number of hydrogen-bond donors (Lipinski definition) is 0. The number of quaternary nitrogens is 1. The van der Waals surface area contributed by atoms with E-state index < -0.39 is 19.7 Å². The number of nitrogens with zero attached hydrogens (tertiary/aromatic N) is 4. The molecule has 0 radical (unpaired) electrons. The van der Waals surface area contributed by atoms with Crippen LogP contribution >= 0.6 is 7.60 Å². The van der Waals surface area contributed by atoms with E-state index in [0.29, 0.717) is 40.9 Å². The van der Waals surface area contributed by atoms with Gasteiger partial charge in [0.05, 0.1) is 58.5 Å². The number of rotatable bonds is 13. The summed E-state index contributed by atoms with van der Waals surface area (Å²) in [5, 5.41) is 8.78. The molecule has 1 aromatic heterocycles. The SMILES string of the molecule is CCn1c(CN2C(=O)c3ccccc3C2=O)[n+](CC)c2ccc(OCCOP(=O)([O-])CCC[N+](C)(C)C)cc21.O=C([O-])C(F)(F)F. The summed E-state index contributed by atoms with van der Waals surface area (Å²) >= 11 is 0. The average Bonchev–Trinajstić information content (AvgIpc) is 3.40. The molecule has 0 N–H and O–H groups in total. The monoisotopic (exact) mass is 670 g/mol. The highest BCUT2D eigenvalue weighted by molar-refractivity contribution is 7.51. The fourth-order valence-electron chi connectivity index (χ4n) is 5.00. The van der Waals surface area contributed by atoms with Crippen LogP contribution < -0.4 is 19.3 Å². The highest BCUT2D eigenvalue weighted by atomic mass is 31.2. The first-order valence-electron chi connectivity index (χ1n) is 14.6. The molecule has 1 aliphatic rings. The van der Waals surface area contributed by atoms with Gasteiger partial charge in [0.1, 0.15) is 32.5 Å². The number of benzene rings is 2. The van der Waals surface area contributed by atoms with Crippen LogP contribution in [-0.4, -0.2) is 85.0 Å². The average molecular weight is 671 g/mol. The minimum absolute atomic E-state index is 0.00535. The molecule has 0 spiro atoms. The molecule has 1 atom stereocenters. The van der Waals surface area contributed by atoms with E-state index in [9.17, 15) is 32.2 Å². The van der Waals surface area contributed by atoms with Crippen LogP contribution in [0.3, 0.4) is 0 Å². The summed E-state index contributed by atoms with van der Waals surface area (Å²) < 4.78 is 59.6. The van der Waals surface area contributed by atoms with Gasteiger partial charge in [-0.1, -0.05) is 12.1 Å². The van der Waals surface area contributed by atoms with Gasteiger partial charge in [-0.3, -0.25) is 14.5 Å². The van der Waals surface area contributed by atoms with Gasteiger partial charge in [0.25, 0.3) is 17.6 Å². The number of hydrogen-bond acceptors (Lipinski definition) is 8. The van der Waals surface area contributed by atoms with Gasteiger partial charge in [-0.2, -0.15) is 13.2 Å². The van der Waals surface area contributed by atoms with Gasteiger partial charge in [0.2, 0.25) is 0 Å². The Morgan fingerprint density at radius 2 is 1.61 bits per heavy atom. The number of carboxylic acids is 1. The summed E-state index contributed by atoms with van der Waals surface area (Å²) in [4.78, 5) is 48.3. The van der Waals surface area contributed by atoms with Gasteiger partial charge in [0.15, 0.2) is 11.0 Å². The van der Waals surface area contributed by atoms with Crippen LogP contribution in [0.2, 0.25) is 0 Å². The second-order valence-corrected chi connectivity index (χ2v) is 13.4. The van der Waals surface area contributed by atoms with Crippen molar-refractivity contribution in [2.24, 2.45) is 0 Å². The lowest BCUT2D eigenvalue weighted by Crippen LogP contribution is -2.41. The normalized spacial score (nSPS) is 14.6. The third kappa shape index (κ3) is 9.15. The Morgan fingerprint density at radius 1 is 1.02 bits per heavy atom. The second-order valence-electron chi connectivity index (χ2n) is 11.5. The summed E-state index contributed by atoms with van der Waals surface area (Å²) in [7, 11) is 2.15. The number of amides is 2. The smallest absolute Gasteiger partial charge is 0.430 e. The van der Waals surface area contributed by atoms with Crippen molar-refractivity contribution in [3.05, 3.63) is 59.4 Å². The van der Waals surface area contributed by atoms with E-state index in [1.165, 1.54) is 4.90 Å². The van der Waals surface area contributed by atoms with Gasteiger partial charge < -0.3 is 33.1 Å². The van der Waals surface area contributed by atoms with Crippen molar-refractivity contribution in [2.45, 2.75) is 46.1 Å². The third-order valence-corrected chi connectivity index (χ3v) is 8.53. The minimum Gasteiger partial charge on any atom is -0.778 e. The van der Waals surface area contributed by atoms with Crippen molar-refractivity contribution in [1.29, 1.82) is 0 Å². The number of alkyl halides is 3. The Balaban J connectivity index is 0.000000738. The van der Waals surface area contributed by atoms with E-state index in [1.54, 1.807) is 24.3 Å². The quantitative estimate of drug-likeness (QED) is 0.0885. The van der Waals surface area contributed by atoms with E-state index in [0.717, 1.165) is 23.4 Å². The molecule has 252 valence electrons. The second kappa shape index (κ2) is 14.8. The van der Waals surface area contributed by atoms with E-state index in [2.05, 4.69) is 9.13 Å². The van der Waals surface area contributed by atoms with Gasteiger partial charge in [-0.15, -0.1) is 0 Å². The highest BCUT2D eigenvalue weighted by Crippen LogP contribution is 2.37. The number of imide groups is 1. The number of aliphatic carboxylic acids is 1. The first-order chi connectivity index (χ1) is 21.4. The molecule has 0 saturated heterocycles. The van der Waals surface area contributed by atoms with Crippen LogP contribution in [0.5, 0.6) is 5.75 Å². The number of carboxylic acid groups (broad SMARTS) is 1. The molecule has 0 saturated carbocycles. The van der Waals surface area contributed by atoms with Crippen molar-refractivity contribution in [3.63, 3.8) is 0 Å². The summed E-state index contributed by atoms with van der Waals surface area (Å²) in [6.45, 7) is 6.25. The number of halogens is 3. The molecule has 2 aromatic carbocycles. The van der Waals surface area contributed by atoms with Crippen molar-refractivity contribution in [1.82, 2.24) is 9.47 Å². The van der Waals surface area contributed by atoms with Crippen molar-refractivity contribution in [2.75, 3.05) is 47.1 Å². The molecular formula is C30H38F3N4O8P. The molecule has 4 rings (SSSR count). The molecular weight excluding hydrogens is 632 g/mol. The van der Waals surface area contributed by atoms with E-state index >= 15 is 0 Å². The van der Waals surface area contributed by atoms with Crippen molar-refractivity contribution >= 4 is 36.4 Å². The highest BCUT2D eigenvalue weighted by Gasteiger charge is 2.38. The Kier molecular flexibility index (Phi) is 11.8. The topological polar surface area (TPSA) is 145 Å². The number of aryl methyl sites for hydroxylation is 2. The maximum atomic E-state index is 13.0. The molecule has 0 fully saturated rings. The summed E-state index contributed by atoms with van der Waals surface area (Å²) in [6, 6.07) is 12.6. The number of carbonyl (C=O) groups is 3. The lowest BCUT2D eigenvalue weighted by Gasteiger charge is -2.27. The lowest BCUT2D eigenvalue weighted by molar-refractivity contribution is -0.870. The molecule has 2 amide bonds. The molecule has 12 nitrogen and oxygen atoms in total. The zero-order valence-corrected chi connectivity index (χ0v) is 27.2. The lowest BCUT2D eigenvalue weighted by atomic mass is 10.1. The van der Waals surface area contributed by atoms with Crippen molar-refractivity contribution < 1.29 is 60.4 Å². The largest absolute Gasteiger partial charge is 0.778 e. The Morgan fingerprint density at radius 3 is 2.11 bits per heavy atom. The van der Waals surface area contributed by atoms with Crippen LogP contribution in [-0.2, 0) is 33.5 Å². The van der Waals surface area contributed by atoms with Gasteiger partial charge in [-0.05, 0) is 38.1 Å². The Labute approximate surface area is 264 Å². The van der Waals surface area contributed by atoms with Crippen LogP contribution in [0.15, 0.2) is 42.5 Å². The fraction of sp³-hybridized carbons (Fsp3) is 0.467. The molecule has 3 aromatic rings. The number of carbonyl (C=O) groups excluding carboxylic acids is 3. The minimum atomic E-state index is -5.19. The zero-order chi connectivity index (χ0) is 34.4. The van der Waals surface area contributed by atoms with Gasteiger partial charge in [0, 0.05) is 18.6 Å². The molecule has 16 heteroatoms. The molecule has 1 unspecified atom stereocenters. The van der Waals surface area contributed by atoms with E-state index in [4.69, 9.17) is 19.2 Å². The van der Waals surface area contributed by atoms with Gasteiger partial charge >= 0.3 is 6.18 Å². The summed E-state index contributed by atoms with van der Waals surface area (Å²) in [6.07, 6.45) is -4.65. The van der Waals surface area contributed by atoms with E-state index in [-0.39, 0.29) is 37.7 Å². The number of aromatic nitrogens is 2. The fourth-order valence-corrected chi connectivity index (χ4v) is 6.01. The number of imidazole rings is 1. The Hall–Kier alpha value is -3.78. The first kappa shape index (κ1) is 36.7. The molecule has 0 aliphatic carbocycles. The van der Waals surface area contributed by atoms with Crippen LogP contribution in [0.4, 0.5) is 13.2 Å². The number of fused-ring (bicyclic) bond motifs is 2. The standard InChI is InChI=1S/C28H38N4O6P.C2HF3O2/c1-6-29-24-14-13-21(37-16-17-38-39(35,36)18-10-15-32(3,4)5)19-25(24)30(7-2)26(29)20-31-27(33)22-11-8-9-12-23(22)28(31)34;3-2(4,5)1(6)7/h8-9,11-14,19H,6-7,10,15-18,20H2,1-5H3;(H,6,7)/q+1;/p-1. The predicted molar refractivity (Wildman–Crippen MR) is 157 cm³/mol. The Bertz CT molecular complexity index is 1600. The van der Waals surface area contributed by atoms with Crippen LogP contribution in [0, 0.1) is 0 Å². The molecule has 46 heavy (non-hydrogen) atoms. The molecule has 2 heterocycles. The van der Waals surface area contributed by atoms with Crippen LogP contribution in [0.1, 0.15) is 46.8 Å². The van der Waals surface area contributed by atoms with Gasteiger partial charge in [-0.25, -0.2) is 9.13 Å². The third-order valence-electron chi connectivity index (χ3n) is 7.09. The maximum Gasteiger partial charge on any atom is 0.430 e. The number of ether oxygens (including phenoxy) is 1. The zero-order valence-electron chi connectivity index (χ0n) is 26.3. The summed E-state index contributed by atoms with van der Waals surface area (Å²) in [5.74, 6) is -2.16. The predicted octanol–water partition coefficient (Wildman–Crippen LogP) is 2.11. The van der Waals surface area contributed by atoms with Crippen molar-refractivity contribution in [3.8, 4) is 5.75 Å². The first-order valence-corrected chi connectivity index (χ1v) is 16.3. The van der Waals surface area contributed by atoms with Crippen LogP contribution in [0.25, 0.3) is 11.0 Å². The molecule has 0 bridgehead atoms.